The highest BCUT2D eigenvalue weighted by Gasteiger charge is 2.18. The zero-order valence-electron chi connectivity index (χ0n) is 9.49. The molecule has 1 aromatic rings. The molecule has 0 saturated carbocycles. The lowest BCUT2D eigenvalue weighted by Gasteiger charge is -2.35. The minimum atomic E-state index is 0.203. The van der Waals surface area contributed by atoms with Crippen molar-refractivity contribution in [2.45, 2.75) is 6.92 Å². The molecule has 0 radical (unpaired) electrons. The Morgan fingerprint density at radius 1 is 1.25 bits per heavy atom. The van der Waals surface area contributed by atoms with Gasteiger partial charge in [0.1, 0.15) is 0 Å². The molecular formula is C12H17ClN2O. The van der Waals surface area contributed by atoms with Crippen LogP contribution in [-0.4, -0.2) is 42.7 Å². The fourth-order valence-electron chi connectivity index (χ4n) is 2.06. The fraction of sp³-hybridized carbons (Fsp3) is 0.500. The van der Waals surface area contributed by atoms with Gasteiger partial charge in [0, 0.05) is 26.2 Å². The molecule has 1 aliphatic rings. The van der Waals surface area contributed by atoms with Gasteiger partial charge in [-0.15, -0.1) is 0 Å². The summed E-state index contributed by atoms with van der Waals surface area (Å²) in [4.78, 5) is 4.59. The molecule has 0 bridgehead atoms. The zero-order valence-corrected chi connectivity index (χ0v) is 10.2. The molecule has 0 aromatic heterocycles. The molecule has 0 unspecified atom stereocenters. The lowest BCUT2D eigenvalue weighted by molar-refractivity contribution is 0.270. The van der Waals surface area contributed by atoms with Crippen molar-refractivity contribution in [2.24, 2.45) is 0 Å². The normalized spacial score (nSPS) is 17.8. The molecule has 3 nitrogen and oxygen atoms in total. The van der Waals surface area contributed by atoms with Crippen LogP contribution in [0.1, 0.15) is 6.92 Å². The minimum Gasteiger partial charge on any atom is -0.504 e. The van der Waals surface area contributed by atoms with E-state index in [2.05, 4.69) is 16.7 Å². The smallest absolute Gasteiger partial charge is 0.157 e. The maximum atomic E-state index is 9.89. The van der Waals surface area contributed by atoms with Gasteiger partial charge in [-0.2, -0.15) is 0 Å². The summed E-state index contributed by atoms with van der Waals surface area (Å²) in [6.07, 6.45) is 0. The second kappa shape index (κ2) is 4.93. The summed E-state index contributed by atoms with van der Waals surface area (Å²) in [5.41, 5.74) is 0.850. The number of para-hydroxylation sites is 1. The number of likely N-dealkylation sites (N-methyl/N-ethyl adjacent to an activating group) is 1. The van der Waals surface area contributed by atoms with Crippen LogP contribution in [0.2, 0.25) is 5.02 Å². The van der Waals surface area contributed by atoms with E-state index in [-0.39, 0.29) is 5.75 Å². The lowest BCUT2D eigenvalue weighted by atomic mass is 10.2. The van der Waals surface area contributed by atoms with Crippen LogP contribution < -0.4 is 4.90 Å². The number of phenols is 1. The van der Waals surface area contributed by atoms with E-state index in [0.29, 0.717) is 5.02 Å². The summed E-state index contributed by atoms with van der Waals surface area (Å²) in [6, 6.07) is 5.51. The van der Waals surface area contributed by atoms with Gasteiger partial charge in [0.25, 0.3) is 0 Å². The summed E-state index contributed by atoms with van der Waals surface area (Å²) in [6.45, 7) is 7.25. The van der Waals surface area contributed by atoms with Crippen molar-refractivity contribution in [3.8, 4) is 5.75 Å². The number of hydrogen-bond donors (Lipinski definition) is 1. The van der Waals surface area contributed by atoms with Gasteiger partial charge in [-0.1, -0.05) is 24.6 Å². The Bertz CT molecular complexity index is 362. The molecular weight excluding hydrogens is 224 g/mol. The number of aromatic hydroxyl groups is 1. The van der Waals surface area contributed by atoms with E-state index in [4.69, 9.17) is 11.6 Å². The first kappa shape index (κ1) is 11.6. The number of anilines is 1. The quantitative estimate of drug-likeness (QED) is 0.859. The maximum Gasteiger partial charge on any atom is 0.157 e. The van der Waals surface area contributed by atoms with Gasteiger partial charge in [-0.25, -0.2) is 0 Å². The highest BCUT2D eigenvalue weighted by atomic mass is 35.5. The Hall–Kier alpha value is -0.930. The Labute approximate surface area is 101 Å². The van der Waals surface area contributed by atoms with Gasteiger partial charge >= 0.3 is 0 Å². The fourth-order valence-corrected chi connectivity index (χ4v) is 2.23. The van der Waals surface area contributed by atoms with Crippen LogP contribution in [0.4, 0.5) is 5.69 Å². The largest absolute Gasteiger partial charge is 0.504 e. The van der Waals surface area contributed by atoms with Crippen molar-refractivity contribution in [2.75, 3.05) is 37.6 Å². The number of rotatable bonds is 2. The molecule has 1 saturated heterocycles. The molecule has 1 aliphatic heterocycles. The summed E-state index contributed by atoms with van der Waals surface area (Å²) >= 11 is 5.90. The summed E-state index contributed by atoms with van der Waals surface area (Å²) in [7, 11) is 0. The van der Waals surface area contributed by atoms with Crippen LogP contribution in [0.25, 0.3) is 0 Å². The first-order valence-corrected chi connectivity index (χ1v) is 6.05. The Morgan fingerprint density at radius 2 is 1.94 bits per heavy atom. The number of halogens is 1. The molecule has 2 rings (SSSR count). The highest BCUT2D eigenvalue weighted by Crippen LogP contribution is 2.34. The monoisotopic (exact) mass is 240 g/mol. The molecule has 1 aromatic carbocycles. The summed E-state index contributed by atoms with van der Waals surface area (Å²) in [5, 5.41) is 10.3. The standard InChI is InChI=1S/C12H17ClN2O/c1-2-14-6-8-15(9-7-14)11-5-3-4-10(13)12(11)16/h3-5,16H,2,6-9H2,1H3. The maximum absolute atomic E-state index is 9.89. The van der Waals surface area contributed by atoms with Crippen LogP contribution in [0.5, 0.6) is 5.75 Å². The van der Waals surface area contributed by atoms with Crippen molar-refractivity contribution in [3.05, 3.63) is 23.2 Å². The van der Waals surface area contributed by atoms with Crippen LogP contribution in [-0.2, 0) is 0 Å². The van der Waals surface area contributed by atoms with Gasteiger partial charge < -0.3 is 14.9 Å². The second-order valence-electron chi connectivity index (χ2n) is 4.03. The molecule has 88 valence electrons. The van der Waals surface area contributed by atoms with Gasteiger partial charge in [0.15, 0.2) is 5.75 Å². The molecule has 1 N–H and O–H groups in total. The summed E-state index contributed by atoms with van der Waals surface area (Å²) in [5.74, 6) is 0.203. The molecule has 16 heavy (non-hydrogen) atoms. The molecule has 0 amide bonds. The van der Waals surface area contributed by atoms with E-state index < -0.39 is 0 Å². The van der Waals surface area contributed by atoms with Crippen molar-refractivity contribution in [3.63, 3.8) is 0 Å². The highest BCUT2D eigenvalue weighted by molar-refractivity contribution is 6.32. The van der Waals surface area contributed by atoms with Gasteiger partial charge in [-0.05, 0) is 18.7 Å². The van der Waals surface area contributed by atoms with Crippen LogP contribution in [0.15, 0.2) is 18.2 Å². The Balaban J connectivity index is 2.11. The number of hydrogen-bond acceptors (Lipinski definition) is 3. The van der Waals surface area contributed by atoms with E-state index in [0.717, 1.165) is 38.4 Å². The third kappa shape index (κ3) is 2.25. The number of benzene rings is 1. The average molecular weight is 241 g/mol. The molecule has 0 aliphatic carbocycles. The van der Waals surface area contributed by atoms with Crippen molar-refractivity contribution < 1.29 is 5.11 Å². The predicted molar refractivity (Wildman–Crippen MR) is 67.4 cm³/mol. The molecule has 0 spiro atoms. The Kier molecular flexibility index (Phi) is 3.56. The summed E-state index contributed by atoms with van der Waals surface area (Å²) < 4.78 is 0. The topological polar surface area (TPSA) is 26.7 Å². The Morgan fingerprint density at radius 3 is 2.56 bits per heavy atom. The van der Waals surface area contributed by atoms with Crippen molar-refractivity contribution >= 4 is 17.3 Å². The van der Waals surface area contributed by atoms with Crippen molar-refractivity contribution in [1.29, 1.82) is 0 Å². The molecule has 1 fully saturated rings. The van der Waals surface area contributed by atoms with Crippen LogP contribution in [0, 0.1) is 0 Å². The predicted octanol–water partition coefficient (Wildman–Crippen LogP) is 2.19. The average Bonchev–Trinajstić information content (AvgIpc) is 2.33. The van der Waals surface area contributed by atoms with Gasteiger partial charge in [0.05, 0.1) is 10.7 Å². The third-order valence-corrected chi connectivity index (χ3v) is 3.43. The van der Waals surface area contributed by atoms with Crippen molar-refractivity contribution in [1.82, 2.24) is 4.90 Å². The van der Waals surface area contributed by atoms with E-state index in [1.807, 2.05) is 12.1 Å². The van der Waals surface area contributed by atoms with Gasteiger partial charge in [0.2, 0.25) is 0 Å². The molecule has 4 heteroatoms. The first-order valence-electron chi connectivity index (χ1n) is 5.67. The van der Waals surface area contributed by atoms with E-state index in [1.165, 1.54) is 0 Å². The van der Waals surface area contributed by atoms with Crippen LogP contribution in [0.3, 0.4) is 0 Å². The lowest BCUT2D eigenvalue weighted by Crippen LogP contribution is -2.46. The molecule has 1 heterocycles. The minimum absolute atomic E-state index is 0.203. The van der Waals surface area contributed by atoms with E-state index in [9.17, 15) is 5.11 Å². The second-order valence-corrected chi connectivity index (χ2v) is 4.44. The molecule has 0 atom stereocenters. The van der Waals surface area contributed by atoms with E-state index in [1.54, 1.807) is 6.07 Å². The number of nitrogens with zero attached hydrogens (tertiary/aromatic N) is 2. The third-order valence-electron chi connectivity index (χ3n) is 3.13. The first-order chi connectivity index (χ1) is 7.72. The van der Waals surface area contributed by atoms with E-state index >= 15 is 0 Å². The van der Waals surface area contributed by atoms with Crippen LogP contribution >= 0.6 is 11.6 Å². The number of piperazine rings is 1. The SMILES string of the molecule is CCN1CCN(c2cccc(Cl)c2O)CC1. The van der Waals surface area contributed by atoms with Gasteiger partial charge in [-0.3, -0.25) is 0 Å². The zero-order chi connectivity index (χ0) is 11.5. The number of phenolic OH excluding ortho intramolecular Hbond substituents is 1.